The van der Waals surface area contributed by atoms with Gasteiger partial charge in [0.25, 0.3) is 0 Å². The summed E-state index contributed by atoms with van der Waals surface area (Å²) in [5.74, 6) is -0.0532. The zero-order valence-electron chi connectivity index (χ0n) is 6.89. The molecule has 1 aliphatic rings. The van der Waals surface area contributed by atoms with Gasteiger partial charge in [0, 0.05) is 18.9 Å². The van der Waals surface area contributed by atoms with Gasteiger partial charge in [0.1, 0.15) is 11.6 Å². The molecule has 1 aliphatic carbocycles. The molecule has 0 aromatic rings. The van der Waals surface area contributed by atoms with Gasteiger partial charge in [0.15, 0.2) is 0 Å². The second-order valence-electron chi connectivity index (χ2n) is 3.64. The molecule has 0 amide bonds. The lowest BCUT2D eigenvalue weighted by molar-refractivity contribution is -0.142. The fourth-order valence-electron chi connectivity index (χ4n) is 1.21. The van der Waals surface area contributed by atoms with Crippen molar-refractivity contribution in [2.24, 2.45) is 11.1 Å². The van der Waals surface area contributed by atoms with Crippen molar-refractivity contribution in [3.8, 4) is 0 Å². The summed E-state index contributed by atoms with van der Waals surface area (Å²) in [7, 11) is 0. The zero-order chi connectivity index (χ0) is 8.65. The van der Waals surface area contributed by atoms with E-state index in [1.165, 1.54) is 0 Å². The number of rotatable bonds is 0. The third-order valence-corrected chi connectivity index (χ3v) is 2.29. The van der Waals surface area contributed by atoms with Gasteiger partial charge in [-0.3, -0.25) is 9.59 Å². The molecule has 2 N–H and O–H groups in total. The predicted octanol–water partition coefficient (Wildman–Crippen LogP) is 0.272. The summed E-state index contributed by atoms with van der Waals surface area (Å²) < 4.78 is 0. The summed E-state index contributed by atoms with van der Waals surface area (Å²) in [5, 5.41) is 0. The van der Waals surface area contributed by atoms with Crippen molar-refractivity contribution in [3.05, 3.63) is 0 Å². The van der Waals surface area contributed by atoms with Gasteiger partial charge < -0.3 is 5.73 Å². The molecule has 0 radical (unpaired) electrons. The highest BCUT2D eigenvalue weighted by atomic mass is 16.2. The Morgan fingerprint density at radius 2 is 1.64 bits per heavy atom. The highest BCUT2D eigenvalue weighted by molar-refractivity contribution is 6.08. The minimum absolute atomic E-state index is 0.0266. The fraction of sp³-hybridized carbons (Fsp3) is 0.750. The first-order chi connectivity index (χ1) is 4.94. The normalized spacial score (nSPS) is 25.7. The monoisotopic (exact) mass is 155 g/mol. The van der Waals surface area contributed by atoms with Crippen molar-refractivity contribution in [3.63, 3.8) is 0 Å². The Kier molecular flexibility index (Phi) is 1.84. The van der Waals surface area contributed by atoms with Crippen LogP contribution in [0.2, 0.25) is 0 Å². The van der Waals surface area contributed by atoms with E-state index in [4.69, 9.17) is 5.73 Å². The molecule has 0 saturated heterocycles. The smallest absolute Gasteiger partial charge is 0.147 e. The Morgan fingerprint density at radius 1 is 1.27 bits per heavy atom. The molecule has 0 aliphatic heterocycles. The molecule has 3 nitrogen and oxygen atoms in total. The number of nitrogens with two attached hydrogens (primary N) is 1. The van der Waals surface area contributed by atoms with E-state index in [0.29, 0.717) is 12.8 Å². The van der Waals surface area contributed by atoms with Crippen molar-refractivity contribution < 1.29 is 9.59 Å². The minimum Gasteiger partial charge on any atom is -0.327 e. The van der Waals surface area contributed by atoms with E-state index >= 15 is 0 Å². The molecule has 0 heterocycles. The molecule has 1 fully saturated rings. The molecule has 1 saturated carbocycles. The molecule has 0 aromatic heterocycles. The van der Waals surface area contributed by atoms with Crippen molar-refractivity contribution in [2.75, 3.05) is 0 Å². The van der Waals surface area contributed by atoms with Gasteiger partial charge in [-0.1, -0.05) is 0 Å². The maximum Gasteiger partial charge on any atom is 0.147 e. The van der Waals surface area contributed by atoms with Gasteiger partial charge in [0.2, 0.25) is 0 Å². The van der Waals surface area contributed by atoms with Gasteiger partial charge in [-0.2, -0.15) is 0 Å². The van der Waals surface area contributed by atoms with Crippen molar-refractivity contribution in [1.82, 2.24) is 0 Å². The van der Waals surface area contributed by atoms with E-state index in [-0.39, 0.29) is 17.6 Å². The Bertz CT molecular complexity index is 188. The lowest BCUT2D eigenvalue weighted by Crippen LogP contribution is -2.45. The van der Waals surface area contributed by atoms with Gasteiger partial charge in [-0.25, -0.2) is 0 Å². The highest BCUT2D eigenvalue weighted by Crippen LogP contribution is 2.27. The average molecular weight is 155 g/mol. The second kappa shape index (κ2) is 2.41. The first-order valence-electron chi connectivity index (χ1n) is 3.77. The van der Waals surface area contributed by atoms with Gasteiger partial charge in [-0.15, -0.1) is 0 Å². The number of hydrogen-bond donors (Lipinski definition) is 1. The maximum absolute atomic E-state index is 11.2. The molecular weight excluding hydrogens is 142 g/mol. The van der Waals surface area contributed by atoms with Crippen LogP contribution >= 0.6 is 0 Å². The lowest BCUT2D eigenvalue weighted by atomic mass is 9.73. The molecule has 62 valence electrons. The number of carbonyl (C=O) groups excluding carboxylic acids is 2. The molecule has 11 heavy (non-hydrogen) atoms. The van der Waals surface area contributed by atoms with Crippen molar-refractivity contribution >= 4 is 11.6 Å². The van der Waals surface area contributed by atoms with Crippen molar-refractivity contribution in [2.45, 2.75) is 32.7 Å². The van der Waals surface area contributed by atoms with Gasteiger partial charge in [0.05, 0.1) is 5.41 Å². The summed E-state index contributed by atoms with van der Waals surface area (Å²) in [6.07, 6.45) is 0.692. The molecule has 0 atom stereocenters. The first-order valence-corrected chi connectivity index (χ1v) is 3.77. The van der Waals surface area contributed by atoms with Crippen LogP contribution in [-0.2, 0) is 9.59 Å². The topological polar surface area (TPSA) is 60.2 Å². The van der Waals surface area contributed by atoms with E-state index in [1.54, 1.807) is 13.8 Å². The van der Waals surface area contributed by atoms with Crippen LogP contribution in [0.5, 0.6) is 0 Å². The number of hydrogen-bond acceptors (Lipinski definition) is 3. The highest BCUT2D eigenvalue weighted by Gasteiger charge is 2.40. The number of ketones is 2. The van der Waals surface area contributed by atoms with Crippen LogP contribution in [0.25, 0.3) is 0 Å². The summed E-state index contributed by atoms with van der Waals surface area (Å²) in [5.41, 5.74) is 4.71. The molecular formula is C8H13NO2. The third kappa shape index (κ3) is 1.33. The molecule has 0 bridgehead atoms. The summed E-state index contributed by atoms with van der Waals surface area (Å²) in [6, 6.07) is -0.247. The Morgan fingerprint density at radius 3 is 2.00 bits per heavy atom. The summed E-state index contributed by atoms with van der Waals surface area (Å²) in [4.78, 5) is 22.5. The minimum atomic E-state index is -0.782. The number of carbonyl (C=O) groups is 2. The molecule has 0 aromatic carbocycles. The fourth-order valence-corrected chi connectivity index (χ4v) is 1.21. The maximum atomic E-state index is 11.2. The third-order valence-electron chi connectivity index (χ3n) is 2.29. The average Bonchev–Trinajstić information content (AvgIpc) is 1.84. The lowest BCUT2D eigenvalue weighted by Gasteiger charge is -2.29. The molecule has 3 heteroatoms. The predicted molar refractivity (Wildman–Crippen MR) is 41.0 cm³/mol. The molecule has 0 unspecified atom stereocenters. The molecule has 0 spiro atoms. The number of Topliss-reactive ketones (excluding diaryl/α,β-unsaturated/α-hetero) is 2. The van der Waals surface area contributed by atoms with Gasteiger partial charge >= 0.3 is 0 Å². The Labute approximate surface area is 66.0 Å². The first kappa shape index (κ1) is 8.40. The summed E-state index contributed by atoms with van der Waals surface area (Å²) in [6.45, 7) is 3.34. The van der Waals surface area contributed by atoms with Crippen LogP contribution in [0.15, 0.2) is 0 Å². The second-order valence-corrected chi connectivity index (χ2v) is 3.64. The Hall–Kier alpha value is -0.700. The quantitative estimate of drug-likeness (QED) is 0.511. The largest absolute Gasteiger partial charge is 0.327 e. The zero-order valence-corrected chi connectivity index (χ0v) is 6.89. The SMILES string of the molecule is CC1(C)C(=O)CC(N)CC1=O. The van der Waals surface area contributed by atoms with Crippen molar-refractivity contribution in [1.29, 1.82) is 0 Å². The van der Waals surface area contributed by atoms with E-state index in [1.807, 2.05) is 0 Å². The van der Waals surface area contributed by atoms with Crippen LogP contribution in [0.4, 0.5) is 0 Å². The Balaban J connectivity index is 2.84. The van der Waals surface area contributed by atoms with E-state index in [0.717, 1.165) is 0 Å². The molecule has 1 rings (SSSR count). The van der Waals surface area contributed by atoms with Gasteiger partial charge in [-0.05, 0) is 13.8 Å². The van der Waals surface area contributed by atoms with E-state index < -0.39 is 5.41 Å². The van der Waals surface area contributed by atoms with Crippen LogP contribution in [-0.4, -0.2) is 17.6 Å². The van der Waals surface area contributed by atoms with Crippen LogP contribution in [0, 0.1) is 5.41 Å². The van der Waals surface area contributed by atoms with E-state index in [9.17, 15) is 9.59 Å². The standard InChI is InChI=1S/C8H13NO2/c1-8(2)6(10)3-5(9)4-7(8)11/h5H,3-4,9H2,1-2H3. The van der Waals surface area contributed by atoms with E-state index in [2.05, 4.69) is 0 Å². The van der Waals surface area contributed by atoms with Crippen LogP contribution in [0.3, 0.4) is 0 Å². The van der Waals surface area contributed by atoms with Crippen LogP contribution < -0.4 is 5.73 Å². The summed E-state index contributed by atoms with van der Waals surface area (Å²) >= 11 is 0. The van der Waals surface area contributed by atoms with Crippen LogP contribution in [0.1, 0.15) is 26.7 Å².